The molecule has 94 valence electrons. The maximum Gasteiger partial charge on any atom is 0.203 e. The van der Waals surface area contributed by atoms with Crippen LogP contribution in [0.5, 0.6) is 0 Å². The molecule has 1 aromatic rings. The minimum Gasteiger partial charge on any atom is -0.353 e. The third-order valence-electron chi connectivity index (χ3n) is 4.15. The van der Waals surface area contributed by atoms with Crippen LogP contribution >= 0.6 is 0 Å². The van der Waals surface area contributed by atoms with E-state index in [2.05, 4.69) is 39.9 Å². The number of rotatable bonds is 3. The fraction of sp³-hybridized carbons (Fsp3) is 0.769. The van der Waals surface area contributed by atoms with Crippen molar-refractivity contribution in [3.63, 3.8) is 0 Å². The minimum absolute atomic E-state index is 0.584. The standard InChI is InChI=1S/C13H22N4/c1-10-9-11(5-7-16(10)2)15-13-14-6-8-17(13)12-3-4-12/h6,8,10-12H,3-5,7,9H2,1-2H3,(H,14,15). The number of nitrogens with zero attached hydrogens (tertiary/aromatic N) is 3. The maximum absolute atomic E-state index is 4.45. The molecule has 4 heteroatoms. The van der Waals surface area contributed by atoms with E-state index in [-0.39, 0.29) is 0 Å². The summed E-state index contributed by atoms with van der Waals surface area (Å²) in [5.41, 5.74) is 0. The topological polar surface area (TPSA) is 33.1 Å². The molecule has 1 N–H and O–H groups in total. The number of imidazole rings is 1. The molecule has 17 heavy (non-hydrogen) atoms. The summed E-state index contributed by atoms with van der Waals surface area (Å²) in [6.45, 7) is 3.49. The summed E-state index contributed by atoms with van der Waals surface area (Å²) in [5, 5.41) is 3.63. The van der Waals surface area contributed by atoms with Gasteiger partial charge >= 0.3 is 0 Å². The molecule has 2 aliphatic rings. The van der Waals surface area contributed by atoms with Crippen molar-refractivity contribution < 1.29 is 0 Å². The molecule has 1 aliphatic heterocycles. The van der Waals surface area contributed by atoms with Crippen LogP contribution in [-0.4, -0.2) is 40.1 Å². The number of likely N-dealkylation sites (tertiary alicyclic amines) is 1. The molecule has 0 aromatic carbocycles. The van der Waals surface area contributed by atoms with E-state index in [9.17, 15) is 0 Å². The van der Waals surface area contributed by atoms with Crippen LogP contribution in [0.2, 0.25) is 0 Å². The number of hydrogen-bond acceptors (Lipinski definition) is 3. The predicted octanol–water partition coefficient (Wildman–Crippen LogP) is 2.11. The minimum atomic E-state index is 0.584. The molecule has 2 unspecified atom stereocenters. The Balaban J connectivity index is 1.64. The molecule has 3 rings (SSSR count). The maximum atomic E-state index is 4.45. The zero-order valence-electron chi connectivity index (χ0n) is 10.8. The molecule has 1 aliphatic carbocycles. The largest absolute Gasteiger partial charge is 0.353 e. The highest BCUT2D eigenvalue weighted by atomic mass is 15.2. The molecule has 2 heterocycles. The summed E-state index contributed by atoms with van der Waals surface area (Å²) in [6.07, 6.45) is 9.09. The lowest BCUT2D eigenvalue weighted by molar-refractivity contribution is 0.189. The fourth-order valence-corrected chi connectivity index (χ4v) is 2.68. The quantitative estimate of drug-likeness (QED) is 0.869. The van der Waals surface area contributed by atoms with Gasteiger partial charge in [0.25, 0.3) is 0 Å². The van der Waals surface area contributed by atoms with E-state index in [1.54, 1.807) is 0 Å². The van der Waals surface area contributed by atoms with Crippen molar-refractivity contribution in [1.29, 1.82) is 0 Å². The lowest BCUT2D eigenvalue weighted by atomic mass is 9.99. The Morgan fingerprint density at radius 3 is 2.88 bits per heavy atom. The zero-order valence-corrected chi connectivity index (χ0v) is 10.8. The van der Waals surface area contributed by atoms with Crippen molar-refractivity contribution in [2.75, 3.05) is 18.9 Å². The van der Waals surface area contributed by atoms with E-state index in [0.717, 1.165) is 5.95 Å². The molecular formula is C13H22N4. The van der Waals surface area contributed by atoms with E-state index in [1.165, 1.54) is 32.2 Å². The molecule has 0 radical (unpaired) electrons. The second-order valence-electron chi connectivity index (χ2n) is 5.58. The van der Waals surface area contributed by atoms with Crippen molar-refractivity contribution >= 4 is 5.95 Å². The van der Waals surface area contributed by atoms with Gasteiger partial charge in [0, 0.05) is 37.1 Å². The van der Waals surface area contributed by atoms with Gasteiger partial charge in [0.1, 0.15) is 0 Å². The lowest BCUT2D eigenvalue weighted by Crippen LogP contribution is -2.43. The van der Waals surface area contributed by atoms with Gasteiger partial charge in [0.15, 0.2) is 0 Å². The SMILES string of the molecule is CC1CC(Nc2nccn2C2CC2)CCN1C. The van der Waals surface area contributed by atoms with Crippen molar-refractivity contribution in [3.8, 4) is 0 Å². The monoisotopic (exact) mass is 234 g/mol. The first-order valence-corrected chi connectivity index (χ1v) is 6.73. The number of piperidine rings is 1. The van der Waals surface area contributed by atoms with Crippen molar-refractivity contribution in [3.05, 3.63) is 12.4 Å². The van der Waals surface area contributed by atoms with Crippen LogP contribution in [0, 0.1) is 0 Å². The first-order valence-electron chi connectivity index (χ1n) is 6.73. The van der Waals surface area contributed by atoms with Crippen LogP contribution in [0.25, 0.3) is 0 Å². The van der Waals surface area contributed by atoms with Crippen LogP contribution in [0.1, 0.15) is 38.6 Å². The Hall–Kier alpha value is -1.03. The highest BCUT2D eigenvalue weighted by Crippen LogP contribution is 2.37. The number of nitrogens with one attached hydrogen (secondary N) is 1. The number of aromatic nitrogens is 2. The molecule has 1 saturated heterocycles. The van der Waals surface area contributed by atoms with Gasteiger partial charge < -0.3 is 14.8 Å². The second-order valence-corrected chi connectivity index (χ2v) is 5.58. The van der Waals surface area contributed by atoms with Crippen LogP contribution in [0.15, 0.2) is 12.4 Å². The van der Waals surface area contributed by atoms with E-state index >= 15 is 0 Å². The van der Waals surface area contributed by atoms with Crippen molar-refractivity contribution in [1.82, 2.24) is 14.5 Å². The molecule has 2 atom stereocenters. The molecule has 1 aromatic heterocycles. The van der Waals surface area contributed by atoms with E-state index in [0.29, 0.717) is 18.1 Å². The Kier molecular flexibility index (Phi) is 2.82. The summed E-state index contributed by atoms with van der Waals surface area (Å²) in [6, 6.07) is 1.97. The van der Waals surface area contributed by atoms with Gasteiger partial charge in [0.05, 0.1) is 0 Å². The summed E-state index contributed by atoms with van der Waals surface area (Å²) in [5.74, 6) is 1.08. The van der Waals surface area contributed by atoms with Gasteiger partial charge in [-0.05, 0) is 39.7 Å². The lowest BCUT2D eigenvalue weighted by Gasteiger charge is -2.35. The first kappa shape index (κ1) is 11.1. The highest BCUT2D eigenvalue weighted by Gasteiger charge is 2.28. The molecule has 1 saturated carbocycles. The van der Waals surface area contributed by atoms with Gasteiger partial charge in [-0.25, -0.2) is 4.98 Å². The smallest absolute Gasteiger partial charge is 0.203 e. The predicted molar refractivity (Wildman–Crippen MR) is 69.2 cm³/mol. The molecule has 0 bridgehead atoms. The first-order chi connectivity index (χ1) is 8.24. The third-order valence-corrected chi connectivity index (χ3v) is 4.15. The molecule has 0 amide bonds. The Bertz CT molecular complexity index is 383. The van der Waals surface area contributed by atoms with E-state index in [4.69, 9.17) is 0 Å². The van der Waals surface area contributed by atoms with E-state index in [1.807, 2.05) is 6.20 Å². The number of anilines is 1. The van der Waals surface area contributed by atoms with Crippen LogP contribution < -0.4 is 5.32 Å². The highest BCUT2D eigenvalue weighted by molar-refractivity contribution is 5.29. The van der Waals surface area contributed by atoms with Crippen LogP contribution in [-0.2, 0) is 0 Å². The van der Waals surface area contributed by atoms with Crippen LogP contribution in [0.4, 0.5) is 5.95 Å². The Morgan fingerprint density at radius 2 is 2.18 bits per heavy atom. The van der Waals surface area contributed by atoms with Crippen molar-refractivity contribution in [2.45, 2.75) is 50.7 Å². The molecule has 2 fully saturated rings. The second kappa shape index (κ2) is 4.33. The van der Waals surface area contributed by atoms with Gasteiger partial charge in [-0.2, -0.15) is 0 Å². The summed E-state index contributed by atoms with van der Waals surface area (Å²) >= 11 is 0. The van der Waals surface area contributed by atoms with Crippen molar-refractivity contribution in [2.24, 2.45) is 0 Å². The zero-order chi connectivity index (χ0) is 11.8. The fourth-order valence-electron chi connectivity index (χ4n) is 2.68. The molecular weight excluding hydrogens is 212 g/mol. The Labute approximate surface area is 103 Å². The van der Waals surface area contributed by atoms with Gasteiger partial charge in [-0.15, -0.1) is 0 Å². The normalized spacial score (nSPS) is 30.5. The summed E-state index contributed by atoms with van der Waals surface area (Å²) < 4.78 is 2.31. The average Bonchev–Trinajstić information content (AvgIpc) is 3.05. The molecule has 0 spiro atoms. The van der Waals surface area contributed by atoms with Crippen LogP contribution in [0.3, 0.4) is 0 Å². The molecule has 4 nitrogen and oxygen atoms in total. The summed E-state index contributed by atoms with van der Waals surface area (Å²) in [7, 11) is 2.21. The van der Waals surface area contributed by atoms with Gasteiger partial charge in [0.2, 0.25) is 5.95 Å². The average molecular weight is 234 g/mol. The third kappa shape index (κ3) is 2.32. The van der Waals surface area contributed by atoms with Gasteiger partial charge in [-0.3, -0.25) is 0 Å². The van der Waals surface area contributed by atoms with Gasteiger partial charge in [-0.1, -0.05) is 0 Å². The summed E-state index contributed by atoms with van der Waals surface area (Å²) in [4.78, 5) is 6.89. The Morgan fingerprint density at radius 1 is 1.35 bits per heavy atom. The number of hydrogen-bond donors (Lipinski definition) is 1. The van der Waals surface area contributed by atoms with E-state index < -0.39 is 0 Å².